The molecule has 2 aromatic carbocycles. The Hall–Kier alpha value is -1.69. The van der Waals surface area contributed by atoms with Gasteiger partial charge in [0.15, 0.2) is 0 Å². The maximum absolute atomic E-state index is 12.2. The van der Waals surface area contributed by atoms with Gasteiger partial charge in [0.05, 0.1) is 12.4 Å². The number of aliphatic hydroxyl groups is 1. The van der Waals surface area contributed by atoms with Gasteiger partial charge in [-0.15, -0.1) is 0 Å². The van der Waals surface area contributed by atoms with Crippen LogP contribution in [0.2, 0.25) is 0 Å². The molecule has 1 atom stereocenters. The third-order valence-electron chi connectivity index (χ3n) is 3.61. The molecular formula is C17H21NO3S. The first-order chi connectivity index (χ1) is 10.5. The van der Waals surface area contributed by atoms with Crippen molar-refractivity contribution in [2.75, 3.05) is 5.75 Å². The highest BCUT2D eigenvalue weighted by atomic mass is 32.2. The fourth-order valence-electron chi connectivity index (χ4n) is 2.34. The molecule has 0 heterocycles. The molecule has 2 aromatic rings. The van der Waals surface area contributed by atoms with E-state index in [2.05, 4.69) is 4.72 Å². The van der Waals surface area contributed by atoms with E-state index in [1.165, 1.54) is 0 Å². The molecule has 22 heavy (non-hydrogen) atoms. The Morgan fingerprint density at radius 2 is 1.59 bits per heavy atom. The Bertz CT molecular complexity index is 699. The standard InChI is InChI=1S/C17H21NO3S/c1-14(15-7-3-2-4-8-15)13-22(20,21)18-11-16-9-5-6-10-17(16)12-19/h2-10,14,18-19H,11-13H2,1H3. The summed E-state index contributed by atoms with van der Waals surface area (Å²) in [7, 11) is -3.38. The quantitative estimate of drug-likeness (QED) is 0.823. The maximum Gasteiger partial charge on any atom is 0.212 e. The van der Waals surface area contributed by atoms with Gasteiger partial charge in [0, 0.05) is 6.54 Å². The molecule has 2 rings (SSSR count). The van der Waals surface area contributed by atoms with Gasteiger partial charge >= 0.3 is 0 Å². The van der Waals surface area contributed by atoms with Crippen molar-refractivity contribution < 1.29 is 13.5 Å². The minimum Gasteiger partial charge on any atom is -0.392 e. The predicted octanol–water partition coefficient (Wildman–Crippen LogP) is 2.40. The lowest BCUT2D eigenvalue weighted by atomic mass is 10.0. The third kappa shape index (κ3) is 4.66. The van der Waals surface area contributed by atoms with Gasteiger partial charge in [-0.05, 0) is 22.6 Å². The summed E-state index contributed by atoms with van der Waals surface area (Å²) in [4.78, 5) is 0. The Balaban J connectivity index is 1.99. The average Bonchev–Trinajstić information content (AvgIpc) is 2.53. The van der Waals surface area contributed by atoms with Crippen molar-refractivity contribution >= 4 is 10.0 Å². The second-order valence-corrected chi connectivity index (χ2v) is 7.19. The van der Waals surface area contributed by atoms with Crippen LogP contribution < -0.4 is 4.72 Å². The first-order valence-electron chi connectivity index (χ1n) is 7.22. The number of sulfonamides is 1. The first-order valence-corrected chi connectivity index (χ1v) is 8.87. The van der Waals surface area contributed by atoms with Crippen LogP contribution in [0.15, 0.2) is 54.6 Å². The number of hydrogen-bond acceptors (Lipinski definition) is 3. The number of rotatable bonds is 7. The summed E-state index contributed by atoms with van der Waals surface area (Å²) in [6.45, 7) is 2.00. The molecule has 0 aliphatic rings. The highest BCUT2D eigenvalue weighted by molar-refractivity contribution is 7.89. The van der Waals surface area contributed by atoms with E-state index in [1.807, 2.05) is 55.5 Å². The van der Waals surface area contributed by atoms with Gasteiger partial charge in [0.25, 0.3) is 0 Å². The van der Waals surface area contributed by atoms with Gasteiger partial charge in [0.1, 0.15) is 0 Å². The van der Waals surface area contributed by atoms with Crippen molar-refractivity contribution in [2.45, 2.75) is 26.0 Å². The lowest BCUT2D eigenvalue weighted by Gasteiger charge is -2.14. The van der Waals surface area contributed by atoms with Crippen molar-refractivity contribution in [1.82, 2.24) is 4.72 Å². The van der Waals surface area contributed by atoms with Crippen LogP contribution in [0.1, 0.15) is 29.5 Å². The van der Waals surface area contributed by atoms with Crippen LogP contribution in [0.5, 0.6) is 0 Å². The van der Waals surface area contributed by atoms with Crippen LogP contribution >= 0.6 is 0 Å². The summed E-state index contributed by atoms with van der Waals surface area (Å²) in [5, 5.41) is 9.26. The molecular weight excluding hydrogens is 298 g/mol. The van der Waals surface area contributed by atoms with Gasteiger partial charge in [-0.3, -0.25) is 0 Å². The van der Waals surface area contributed by atoms with Gasteiger partial charge in [0.2, 0.25) is 10.0 Å². The fourth-order valence-corrected chi connectivity index (χ4v) is 3.68. The van der Waals surface area contributed by atoms with E-state index in [0.29, 0.717) is 0 Å². The average molecular weight is 319 g/mol. The molecule has 4 nitrogen and oxygen atoms in total. The predicted molar refractivity (Wildman–Crippen MR) is 87.8 cm³/mol. The molecule has 0 aliphatic heterocycles. The highest BCUT2D eigenvalue weighted by Gasteiger charge is 2.17. The molecule has 0 amide bonds. The highest BCUT2D eigenvalue weighted by Crippen LogP contribution is 2.16. The monoisotopic (exact) mass is 319 g/mol. The lowest BCUT2D eigenvalue weighted by molar-refractivity contribution is 0.280. The fraction of sp³-hybridized carbons (Fsp3) is 0.294. The molecule has 0 fully saturated rings. The Labute approximate surface area is 131 Å². The van der Waals surface area contributed by atoms with Gasteiger partial charge in [-0.2, -0.15) is 0 Å². The minimum atomic E-state index is -3.38. The van der Waals surface area contributed by atoms with Crippen LogP contribution in [-0.4, -0.2) is 19.3 Å². The molecule has 2 N–H and O–H groups in total. The van der Waals surface area contributed by atoms with Gasteiger partial charge in [-0.25, -0.2) is 13.1 Å². The van der Waals surface area contributed by atoms with E-state index in [0.717, 1.165) is 16.7 Å². The van der Waals surface area contributed by atoms with E-state index in [9.17, 15) is 13.5 Å². The number of hydrogen-bond donors (Lipinski definition) is 2. The molecule has 0 radical (unpaired) electrons. The second-order valence-electron chi connectivity index (χ2n) is 5.34. The zero-order chi connectivity index (χ0) is 16.0. The third-order valence-corrected chi connectivity index (χ3v) is 5.13. The van der Waals surface area contributed by atoms with E-state index in [4.69, 9.17) is 0 Å². The smallest absolute Gasteiger partial charge is 0.212 e. The molecule has 118 valence electrons. The van der Waals surface area contributed by atoms with Crippen molar-refractivity contribution in [3.8, 4) is 0 Å². The zero-order valence-electron chi connectivity index (χ0n) is 12.6. The van der Waals surface area contributed by atoms with E-state index >= 15 is 0 Å². The summed E-state index contributed by atoms with van der Waals surface area (Å²) in [6.07, 6.45) is 0. The lowest BCUT2D eigenvalue weighted by Crippen LogP contribution is -2.28. The Morgan fingerprint density at radius 3 is 2.23 bits per heavy atom. The van der Waals surface area contributed by atoms with Crippen molar-refractivity contribution in [3.05, 3.63) is 71.3 Å². The SMILES string of the molecule is CC(CS(=O)(=O)NCc1ccccc1CO)c1ccccc1. The zero-order valence-corrected chi connectivity index (χ0v) is 13.4. The minimum absolute atomic E-state index is 0.0400. The van der Waals surface area contributed by atoms with E-state index < -0.39 is 10.0 Å². The molecule has 0 aliphatic carbocycles. The second kappa shape index (κ2) is 7.54. The van der Waals surface area contributed by atoms with E-state index in [1.54, 1.807) is 6.07 Å². The van der Waals surface area contributed by atoms with Gasteiger partial charge in [-0.1, -0.05) is 61.5 Å². The van der Waals surface area contributed by atoms with Crippen LogP contribution in [0.3, 0.4) is 0 Å². The molecule has 0 saturated heterocycles. The number of aliphatic hydroxyl groups excluding tert-OH is 1. The first kappa shape index (κ1) is 16.7. The molecule has 5 heteroatoms. The summed E-state index contributed by atoms with van der Waals surface area (Å²) in [6, 6.07) is 16.8. The van der Waals surface area contributed by atoms with Crippen LogP contribution in [0, 0.1) is 0 Å². The summed E-state index contributed by atoms with van der Waals surface area (Å²) in [5.41, 5.74) is 2.53. The molecule has 1 unspecified atom stereocenters. The summed E-state index contributed by atoms with van der Waals surface area (Å²) < 4.78 is 27.0. The number of benzene rings is 2. The van der Waals surface area contributed by atoms with Crippen LogP contribution in [-0.2, 0) is 23.2 Å². The van der Waals surface area contributed by atoms with Gasteiger partial charge < -0.3 is 5.11 Å². The maximum atomic E-state index is 12.2. The molecule has 0 saturated carbocycles. The Kier molecular flexibility index (Phi) is 5.71. The van der Waals surface area contributed by atoms with Crippen molar-refractivity contribution in [2.24, 2.45) is 0 Å². The molecule has 0 spiro atoms. The van der Waals surface area contributed by atoms with Crippen LogP contribution in [0.4, 0.5) is 0 Å². The van der Waals surface area contributed by atoms with Crippen LogP contribution in [0.25, 0.3) is 0 Å². The van der Waals surface area contributed by atoms with Crippen molar-refractivity contribution in [3.63, 3.8) is 0 Å². The summed E-state index contributed by atoms with van der Waals surface area (Å²) in [5.74, 6) is -0.0371. The summed E-state index contributed by atoms with van der Waals surface area (Å²) >= 11 is 0. The molecule has 0 aromatic heterocycles. The number of nitrogens with one attached hydrogen (secondary N) is 1. The largest absolute Gasteiger partial charge is 0.392 e. The molecule has 0 bridgehead atoms. The Morgan fingerprint density at radius 1 is 1.00 bits per heavy atom. The normalized spacial score (nSPS) is 13.0. The topological polar surface area (TPSA) is 66.4 Å². The van der Waals surface area contributed by atoms with E-state index in [-0.39, 0.29) is 24.8 Å². The van der Waals surface area contributed by atoms with Crippen molar-refractivity contribution in [1.29, 1.82) is 0 Å².